The quantitative estimate of drug-likeness (QED) is 0.352. The molecule has 2 aliphatic rings. The third-order valence-corrected chi connectivity index (χ3v) is 11.9. The van der Waals surface area contributed by atoms with Crippen LogP contribution in [0.4, 0.5) is 4.79 Å². The second-order valence-electron chi connectivity index (χ2n) is 11.2. The lowest BCUT2D eigenvalue weighted by Crippen LogP contribution is -2.46. The van der Waals surface area contributed by atoms with Crippen molar-refractivity contribution in [3.05, 3.63) is 60.2 Å². The molecule has 0 bridgehead atoms. The molecule has 1 aliphatic heterocycles. The van der Waals surface area contributed by atoms with Gasteiger partial charge in [-0.05, 0) is 60.9 Å². The molecule has 1 saturated heterocycles. The van der Waals surface area contributed by atoms with Crippen molar-refractivity contribution in [2.24, 2.45) is 11.8 Å². The summed E-state index contributed by atoms with van der Waals surface area (Å²) >= 11 is 0. The number of aliphatic hydroxyl groups excluding tert-OH is 1. The van der Waals surface area contributed by atoms with Crippen molar-refractivity contribution in [3.8, 4) is 5.75 Å². The fraction of sp³-hybridized carbons (Fsp3) is 0.552. The molecular formula is C29H40N2O8S2. The van der Waals surface area contributed by atoms with E-state index in [1.807, 2.05) is 30.3 Å². The number of amides is 1. The number of sulfone groups is 1. The van der Waals surface area contributed by atoms with Crippen LogP contribution in [0.2, 0.25) is 0 Å². The second kappa shape index (κ2) is 13.5. The lowest BCUT2D eigenvalue weighted by molar-refractivity contribution is 0.0786. The van der Waals surface area contributed by atoms with E-state index in [2.05, 4.69) is 0 Å². The Morgan fingerprint density at radius 2 is 1.66 bits per heavy atom. The average Bonchev–Trinajstić information content (AvgIpc) is 3.59. The van der Waals surface area contributed by atoms with Crippen LogP contribution < -0.4 is 4.74 Å². The van der Waals surface area contributed by atoms with Gasteiger partial charge in [-0.2, -0.15) is 4.31 Å². The van der Waals surface area contributed by atoms with Crippen molar-refractivity contribution in [2.45, 2.75) is 49.0 Å². The fourth-order valence-electron chi connectivity index (χ4n) is 6.03. The highest BCUT2D eigenvalue weighted by Gasteiger charge is 2.37. The van der Waals surface area contributed by atoms with Crippen LogP contribution in [0.5, 0.6) is 5.75 Å². The first-order valence-corrected chi connectivity index (χ1v) is 17.3. The van der Waals surface area contributed by atoms with E-state index in [9.17, 15) is 31.8 Å². The molecule has 1 saturated carbocycles. The molecule has 4 rings (SSSR count). The lowest BCUT2D eigenvalue weighted by atomic mass is 9.85. The number of hydrogen-bond donors (Lipinski definition) is 2. The van der Waals surface area contributed by atoms with Gasteiger partial charge in [0.1, 0.15) is 5.75 Å². The van der Waals surface area contributed by atoms with Crippen molar-refractivity contribution >= 4 is 26.0 Å². The SMILES string of the molecule is COc1ccc(S(=O)(=O)N(CC2CCCC2)C[C@@H](O)CN(CC(c2ccccc2)C2CCS(=O)(=O)C2)C(=O)O)cc1. The van der Waals surface area contributed by atoms with Gasteiger partial charge in [0.15, 0.2) is 9.84 Å². The predicted octanol–water partition coefficient (Wildman–Crippen LogP) is 3.44. The Bertz CT molecular complexity index is 1360. The van der Waals surface area contributed by atoms with Gasteiger partial charge in [0, 0.05) is 25.6 Å². The Labute approximate surface area is 242 Å². The molecule has 0 aromatic heterocycles. The van der Waals surface area contributed by atoms with Crippen LogP contribution in [0.1, 0.15) is 43.6 Å². The lowest BCUT2D eigenvalue weighted by Gasteiger charge is -2.32. The van der Waals surface area contributed by atoms with E-state index < -0.39 is 32.1 Å². The zero-order chi connectivity index (χ0) is 29.6. The number of carboxylic acid groups (broad SMARTS) is 1. The fourth-order valence-corrected chi connectivity index (χ4v) is 9.47. The van der Waals surface area contributed by atoms with E-state index in [1.54, 1.807) is 12.1 Å². The molecule has 41 heavy (non-hydrogen) atoms. The van der Waals surface area contributed by atoms with Gasteiger partial charge < -0.3 is 19.8 Å². The van der Waals surface area contributed by atoms with Gasteiger partial charge in [-0.15, -0.1) is 0 Å². The van der Waals surface area contributed by atoms with Gasteiger partial charge in [-0.3, -0.25) is 0 Å². The van der Waals surface area contributed by atoms with Crippen LogP contribution in [0, 0.1) is 11.8 Å². The molecule has 226 valence electrons. The van der Waals surface area contributed by atoms with Gasteiger partial charge in [-0.25, -0.2) is 21.6 Å². The molecule has 1 amide bonds. The Morgan fingerprint density at radius 1 is 1.00 bits per heavy atom. The molecule has 0 spiro atoms. The molecule has 1 aliphatic carbocycles. The Morgan fingerprint density at radius 3 is 2.22 bits per heavy atom. The van der Waals surface area contributed by atoms with Gasteiger partial charge in [0.2, 0.25) is 10.0 Å². The van der Waals surface area contributed by atoms with E-state index in [0.29, 0.717) is 12.2 Å². The third-order valence-electron chi connectivity index (χ3n) is 8.23. The van der Waals surface area contributed by atoms with Gasteiger partial charge >= 0.3 is 6.09 Å². The Hall–Kier alpha value is -2.67. The topological polar surface area (TPSA) is 142 Å². The number of carbonyl (C=O) groups is 1. The summed E-state index contributed by atoms with van der Waals surface area (Å²) in [6, 6.07) is 15.3. The normalized spacial score (nSPS) is 20.6. The molecule has 1 heterocycles. The van der Waals surface area contributed by atoms with Crippen molar-refractivity contribution in [3.63, 3.8) is 0 Å². The van der Waals surface area contributed by atoms with Gasteiger partial charge in [0.05, 0.1) is 36.2 Å². The number of aliphatic hydroxyl groups is 1. The summed E-state index contributed by atoms with van der Waals surface area (Å²) in [4.78, 5) is 13.5. The van der Waals surface area contributed by atoms with E-state index >= 15 is 0 Å². The minimum absolute atomic E-state index is 0.00948. The summed E-state index contributed by atoms with van der Waals surface area (Å²) in [7, 11) is -5.68. The number of nitrogens with zero attached hydrogens (tertiary/aromatic N) is 2. The highest BCUT2D eigenvalue weighted by Crippen LogP contribution is 2.34. The van der Waals surface area contributed by atoms with Crippen molar-refractivity contribution < 1.29 is 36.6 Å². The number of sulfonamides is 1. The van der Waals surface area contributed by atoms with Crippen LogP contribution in [0.25, 0.3) is 0 Å². The number of methoxy groups -OCH3 is 1. The first kappa shape index (κ1) is 31.3. The largest absolute Gasteiger partial charge is 0.497 e. The van der Waals surface area contributed by atoms with Crippen molar-refractivity contribution in [1.29, 1.82) is 0 Å². The maximum Gasteiger partial charge on any atom is 0.407 e. The molecular weight excluding hydrogens is 568 g/mol. The predicted molar refractivity (Wildman–Crippen MR) is 155 cm³/mol. The number of ether oxygens (including phenoxy) is 1. The number of benzene rings is 2. The van der Waals surface area contributed by atoms with Gasteiger partial charge in [-0.1, -0.05) is 43.2 Å². The molecule has 3 atom stereocenters. The zero-order valence-corrected chi connectivity index (χ0v) is 25.0. The third kappa shape index (κ3) is 8.21. The maximum atomic E-state index is 13.7. The summed E-state index contributed by atoms with van der Waals surface area (Å²) in [5.41, 5.74) is 0.834. The Kier molecular flexibility index (Phi) is 10.3. The van der Waals surface area contributed by atoms with Crippen molar-refractivity contribution in [1.82, 2.24) is 9.21 Å². The summed E-state index contributed by atoms with van der Waals surface area (Å²) in [5, 5.41) is 21.2. The van der Waals surface area contributed by atoms with Crippen LogP contribution in [-0.2, 0) is 19.9 Å². The highest BCUT2D eigenvalue weighted by molar-refractivity contribution is 7.91. The molecule has 2 aromatic rings. The van der Waals surface area contributed by atoms with Crippen LogP contribution in [0.3, 0.4) is 0 Å². The minimum atomic E-state index is -3.97. The average molecular weight is 609 g/mol. The Balaban J connectivity index is 1.53. The smallest absolute Gasteiger partial charge is 0.407 e. The van der Waals surface area contributed by atoms with E-state index in [1.165, 1.54) is 23.5 Å². The first-order valence-electron chi connectivity index (χ1n) is 14.0. The molecule has 0 radical (unpaired) electrons. The van der Waals surface area contributed by atoms with Crippen molar-refractivity contribution in [2.75, 3.05) is 44.8 Å². The van der Waals surface area contributed by atoms with Crippen LogP contribution in [0.15, 0.2) is 59.5 Å². The zero-order valence-electron chi connectivity index (χ0n) is 23.3. The maximum absolute atomic E-state index is 13.7. The monoisotopic (exact) mass is 608 g/mol. The van der Waals surface area contributed by atoms with Gasteiger partial charge in [0.25, 0.3) is 0 Å². The molecule has 12 heteroatoms. The molecule has 2 N–H and O–H groups in total. The van der Waals surface area contributed by atoms with E-state index in [-0.39, 0.29) is 60.3 Å². The summed E-state index contributed by atoms with van der Waals surface area (Å²) in [6.45, 7) is -0.338. The molecule has 10 nitrogen and oxygen atoms in total. The standard InChI is InChI=1S/C29H40N2O8S2/c1-39-26-11-13-27(14-12-26)41(37,38)31(17-22-7-5-6-8-22)19-25(32)18-30(29(33)34)20-28(23-9-3-2-4-10-23)24-15-16-40(35,36)21-24/h2-4,9-14,22,24-25,28,32H,5-8,15-21H2,1H3,(H,33,34)/t24?,25-,28?/m0/s1. The molecule has 2 aromatic carbocycles. The molecule has 2 unspecified atom stereocenters. The van der Waals surface area contributed by atoms with Crippen LogP contribution in [-0.4, -0.2) is 93.2 Å². The van der Waals surface area contributed by atoms with Crippen LogP contribution >= 0.6 is 0 Å². The minimum Gasteiger partial charge on any atom is -0.497 e. The summed E-state index contributed by atoms with van der Waals surface area (Å²) in [5.74, 6) is 0.0996. The summed E-state index contributed by atoms with van der Waals surface area (Å²) in [6.07, 6.45) is 1.73. The first-order chi connectivity index (χ1) is 19.5. The number of hydrogen-bond acceptors (Lipinski definition) is 7. The molecule has 2 fully saturated rings. The highest BCUT2D eigenvalue weighted by atomic mass is 32.2. The van der Waals surface area contributed by atoms with E-state index in [0.717, 1.165) is 36.1 Å². The van der Waals surface area contributed by atoms with E-state index in [4.69, 9.17) is 4.74 Å². The second-order valence-corrected chi connectivity index (χ2v) is 15.3. The summed E-state index contributed by atoms with van der Waals surface area (Å²) < 4.78 is 58.2. The number of rotatable bonds is 13.